The minimum Gasteiger partial charge on any atom is -0.465 e. The van der Waals surface area contributed by atoms with Crippen LogP contribution in [0.1, 0.15) is 10.4 Å². The Morgan fingerprint density at radius 1 is 1.42 bits per heavy atom. The number of nitrogens with one attached hydrogen (secondary N) is 1. The fourth-order valence-corrected chi connectivity index (χ4v) is 1.32. The van der Waals surface area contributed by atoms with Gasteiger partial charge in [-0.15, -0.1) is 0 Å². The van der Waals surface area contributed by atoms with E-state index in [9.17, 15) is 4.79 Å². The zero-order valence-corrected chi connectivity index (χ0v) is 11.5. The van der Waals surface area contributed by atoms with E-state index in [4.69, 9.17) is 4.74 Å². The molecule has 0 saturated heterocycles. The molecule has 7 heteroatoms. The van der Waals surface area contributed by atoms with Crippen LogP contribution in [0.3, 0.4) is 0 Å². The second-order valence-corrected chi connectivity index (χ2v) is 4.12. The van der Waals surface area contributed by atoms with Crippen LogP contribution in [0.15, 0.2) is 12.5 Å². The monoisotopic (exact) mass is 268 g/mol. The third-order valence-corrected chi connectivity index (χ3v) is 2.34. The SMILES string of the molecule is COC(=O)c1cncnc1NCCOCCN(C)C. The van der Waals surface area contributed by atoms with Crippen molar-refractivity contribution in [2.45, 2.75) is 0 Å². The lowest BCUT2D eigenvalue weighted by Gasteiger charge is -2.11. The highest BCUT2D eigenvalue weighted by molar-refractivity contribution is 5.94. The summed E-state index contributed by atoms with van der Waals surface area (Å²) in [6, 6.07) is 0. The molecular weight excluding hydrogens is 248 g/mol. The summed E-state index contributed by atoms with van der Waals surface area (Å²) in [6.07, 6.45) is 2.80. The summed E-state index contributed by atoms with van der Waals surface area (Å²) in [5.41, 5.74) is 0.318. The third kappa shape index (κ3) is 5.62. The zero-order chi connectivity index (χ0) is 14.1. The number of likely N-dealkylation sites (N-methyl/N-ethyl adjacent to an activating group) is 1. The second kappa shape index (κ2) is 8.39. The van der Waals surface area contributed by atoms with Gasteiger partial charge in [-0.25, -0.2) is 14.8 Å². The molecule has 7 nitrogen and oxygen atoms in total. The van der Waals surface area contributed by atoms with Gasteiger partial charge in [0.1, 0.15) is 17.7 Å². The Hall–Kier alpha value is -1.73. The quantitative estimate of drug-likeness (QED) is 0.535. The van der Waals surface area contributed by atoms with Gasteiger partial charge in [-0.3, -0.25) is 0 Å². The van der Waals surface area contributed by atoms with E-state index in [-0.39, 0.29) is 0 Å². The summed E-state index contributed by atoms with van der Waals surface area (Å²) in [6.45, 7) is 2.65. The molecule has 0 amide bonds. The number of methoxy groups -OCH3 is 1. The van der Waals surface area contributed by atoms with Crippen molar-refractivity contribution in [1.29, 1.82) is 0 Å². The number of nitrogens with zero attached hydrogens (tertiary/aromatic N) is 3. The van der Waals surface area contributed by atoms with E-state index >= 15 is 0 Å². The number of hydrogen-bond acceptors (Lipinski definition) is 7. The van der Waals surface area contributed by atoms with E-state index in [0.29, 0.717) is 31.1 Å². The Kier molecular flexibility index (Phi) is 6.76. The molecule has 0 bridgehead atoms. The first-order chi connectivity index (χ1) is 9.15. The molecule has 0 aliphatic rings. The molecule has 0 saturated carbocycles. The molecule has 0 aliphatic carbocycles. The Balaban J connectivity index is 2.35. The van der Waals surface area contributed by atoms with Crippen molar-refractivity contribution in [2.75, 3.05) is 52.8 Å². The van der Waals surface area contributed by atoms with Crippen LogP contribution in [0.2, 0.25) is 0 Å². The number of rotatable bonds is 8. The van der Waals surface area contributed by atoms with Crippen molar-refractivity contribution < 1.29 is 14.3 Å². The van der Waals surface area contributed by atoms with Gasteiger partial charge in [0, 0.05) is 19.3 Å². The minimum atomic E-state index is -0.461. The maximum Gasteiger partial charge on any atom is 0.343 e. The van der Waals surface area contributed by atoms with Crippen LogP contribution in [-0.2, 0) is 9.47 Å². The number of esters is 1. The van der Waals surface area contributed by atoms with E-state index in [1.165, 1.54) is 19.6 Å². The lowest BCUT2D eigenvalue weighted by molar-refractivity contribution is 0.0600. The van der Waals surface area contributed by atoms with Crippen molar-refractivity contribution >= 4 is 11.8 Å². The average Bonchev–Trinajstić information content (AvgIpc) is 2.42. The average molecular weight is 268 g/mol. The molecule has 0 spiro atoms. The predicted octanol–water partition coefficient (Wildman–Crippen LogP) is 0.253. The molecule has 1 aromatic heterocycles. The van der Waals surface area contributed by atoms with Crippen LogP contribution in [0.5, 0.6) is 0 Å². The number of ether oxygens (including phenoxy) is 2. The highest BCUT2D eigenvalue weighted by atomic mass is 16.5. The molecule has 0 radical (unpaired) electrons. The lowest BCUT2D eigenvalue weighted by Crippen LogP contribution is -2.20. The normalized spacial score (nSPS) is 10.5. The van der Waals surface area contributed by atoms with Gasteiger partial charge < -0.3 is 19.7 Å². The molecule has 106 valence electrons. The maximum absolute atomic E-state index is 11.5. The molecule has 1 rings (SSSR count). The molecule has 0 atom stereocenters. The second-order valence-electron chi connectivity index (χ2n) is 4.12. The van der Waals surface area contributed by atoms with Crippen molar-refractivity contribution in [2.24, 2.45) is 0 Å². The molecule has 0 aromatic carbocycles. The van der Waals surface area contributed by atoms with E-state index in [2.05, 4.69) is 20.0 Å². The highest BCUT2D eigenvalue weighted by Gasteiger charge is 2.12. The van der Waals surface area contributed by atoms with Gasteiger partial charge in [-0.2, -0.15) is 0 Å². The first kappa shape index (κ1) is 15.3. The van der Waals surface area contributed by atoms with E-state index < -0.39 is 5.97 Å². The van der Waals surface area contributed by atoms with Gasteiger partial charge in [0.25, 0.3) is 0 Å². The summed E-state index contributed by atoms with van der Waals surface area (Å²) >= 11 is 0. The van der Waals surface area contributed by atoms with Gasteiger partial charge in [0.2, 0.25) is 0 Å². The Bertz CT molecular complexity index is 398. The predicted molar refractivity (Wildman–Crippen MR) is 71.2 cm³/mol. The molecule has 0 fully saturated rings. The topological polar surface area (TPSA) is 76.6 Å². The molecule has 0 unspecified atom stereocenters. The van der Waals surface area contributed by atoms with Crippen LogP contribution < -0.4 is 5.32 Å². The first-order valence-corrected chi connectivity index (χ1v) is 5.99. The molecule has 1 N–H and O–H groups in total. The Morgan fingerprint density at radius 3 is 2.89 bits per heavy atom. The van der Waals surface area contributed by atoms with Crippen molar-refractivity contribution in [3.8, 4) is 0 Å². The number of carbonyl (C=O) groups excluding carboxylic acids is 1. The van der Waals surface area contributed by atoms with Crippen LogP contribution in [0.4, 0.5) is 5.82 Å². The number of hydrogen-bond donors (Lipinski definition) is 1. The summed E-state index contributed by atoms with van der Waals surface area (Å²) in [4.78, 5) is 21.3. The van der Waals surface area contributed by atoms with E-state index in [0.717, 1.165) is 6.54 Å². The fourth-order valence-electron chi connectivity index (χ4n) is 1.32. The smallest absolute Gasteiger partial charge is 0.343 e. The minimum absolute atomic E-state index is 0.318. The maximum atomic E-state index is 11.5. The van der Waals surface area contributed by atoms with Gasteiger partial charge in [0.15, 0.2) is 0 Å². The third-order valence-electron chi connectivity index (χ3n) is 2.34. The Labute approximate surface area is 112 Å². The van der Waals surface area contributed by atoms with Crippen LogP contribution in [0.25, 0.3) is 0 Å². The molecule has 19 heavy (non-hydrogen) atoms. The standard InChI is InChI=1S/C12H20N4O3/c1-16(2)5-7-19-6-4-14-11-10(12(17)18-3)8-13-9-15-11/h8-9H,4-7H2,1-3H3,(H,13,14,15). The van der Waals surface area contributed by atoms with Crippen molar-refractivity contribution in [3.05, 3.63) is 18.1 Å². The van der Waals surface area contributed by atoms with Crippen LogP contribution in [0, 0.1) is 0 Å². The van der Waals surface area contributed by atoms with Gasteiger partial charge >= 0.3 is 5.97 Å². The Morgan fingerprint density at radius 2 is 2.21 bits per heavy atom. The summed E-state index contributed by atoms with van der Waals surface area (Å²) in [7, 11) is 5.31. The van der Waals surface area contributed by atoms with Crippen molar-refractivity contribution in [1.82, 2.24) is 14.9 Å². The van der Waals surface area contributed by atoms with Crippen LogP contribution in [-0.4, -0.2) is 68.3 Å². The van der Waals surface area contributed by atoms with E-state index in [1.807, 2.05) is 19.0 Å². The lowest BCUT2D eigenvalue weighted by atomic mass is 10.3. The fraction of sp³-hybridized carbons (Fsp3) is 0.583. The van der Waals surface area contributed by atoms with Gasteiger partial charge in [-0.05, 0) is 14.1 Å². The first-order valence-electron chi connectivity index (χ1n) is 5.99. The zero-order valence-electron chi connectivity index (χ0n) is 11.5. The number of aromatic nitrogens is 2. The van der Waals surface area contributed by atoms with E-state index in [1.54, 1.807) is 0 Å². The number of carbonyl (C=O) groups is 1. The van der Waals surface area contributed by atoms with Gasteiger partial charge in [-0.1, -0.05) is 0 Å². The summed E-state index contributed by atoms with van der Waals surface area (Å²) < 4.78 is 10.1. The largest absolute Gasteiger partial charge is 0.465 e. The summed E-state index contributed by atoms with van der Waals surface area (Å²) in [5.74, 6) is -0.00492. The van der Waals surface area contributed by atoms with Gasteiger partial charge in [0.05, 0.1) is 20.3 Å². The van der Waals surface area contributed by atoms with Crippen LogP contribution >= 0.6 is 0 Å². The number of anilines is 1. The highest BCUT2D eigenvalue weighted by Crippen LogP contribution is 2.10. The molecule has 1 heterocycles. The molecule has 1 aromatic rings. The molecular formula is C12H20N4O3. The summed E-state index contributed by atoms with van der Waals surface area (Å²) in [5, 5.41) is 3.03. The van der Waals surface area contributed by atoms with Crippen molar-refractivity contribution in [3.63, 3.8) is 0 Å². The molecule has 0 aliphatic heterocycles.